The molecule has 1 unspecified atom stereocenters. The predicted octanol–water partition coefficient (Wildman–Crippen LogP) is 3.29. The van der Waals surface area contributed by atoms with Crippen LogP contribution in [-0.2, 0) is 32.2 Å². The largest absolute Gasteiger partial charge is 0.414 e. The van der Waals surface area contributed by atoms with Gasteiger partial charge in [-0.15, -0.1) is 0 Å². The van der Waals surface area contributed by atoms with Gasteiger partial charge < -0.3 is 9.16 Å². The number of imide groups is 1. The molecule has 9 heteroatoms. The van der Waals surface area contributed by atoms with Gasteiger partial charge in [0.1, 0.15) is 6.04 Å². The fraction of sp³-hybridized carbons (Fsp3) is 0.625. The van der Waals surface area contributed by atoms with Gasteiger partial charge in [-0.2, -0.15) is 0 Å². The average Bonchev–Trinajstić information content (AvgIpc) is 2.97. The van der Waals surface area contributed by atoms with E-state index in [1.807, 2.05) is 18.2 Å². The Labute approximate surface area is 196 Å². The highest BCUT2D eigenvalue weighted by Crippen LogP contribution is 2.36. The van der Waals surface area contributed by atoms with E-state index < -0.39 is 20.3 Å². The third-order valence-corrected chi connectivity index (χ3v) is 11.5. The monoisotopic (exact) mass is 475 g/mol. The van der Waals surface area contributed by atoms with Gasteiger partial charge in [-0.05, 0) is 55.1 Å². The summed E-state index contributed by atoms with van der Waals surface area (Å²) in [6.45, 7) is 13.0. The van der Waals surface area contributed by atoms with Crippen molar-refractivity contribution in [3.05, 3.63) is 34.2 Å². The first-order valence-electron chi connectivity index (χ1n) is 11.7. The molecule has 182 valence electrons. The lowest BCUT2D eigenvalue weighted by Gasteiger charge is -2.36. The number of hydrogen-bond acceptors (Lipinski definition) is 5. The number of hydrogen-bond donors (Lipinski definition) is 1. The molecule has 8 nitrogen and oxygen atoms in total. The molecule has 1 aromatic heterocycles. The standard InChI is InChI=1S/C24H37N3O5Si/c1-24(2,3)33(5,6)32-15-14-31-13-7-8-17-9-10-18-20(16-17)26(4)23(30)27(18)19-11-12-21(28)25-22(19)29/h9-10,16,19H,7-8,11-15H2,1-6H3,(H,25,28,29). The minimum atomic E-state index is -1.73. The van der Waals surface area contributed by atoms with Gasteiger partial charge in [0.15, 0.2) is 8.32 Å². The molecule has 0 radical (unpaired) electrons. The van der Waals surface area contributed by atoms with Gasteiger partial charge in [-0.3, -0.25) is 24.0 Å². The van der Waals surface area contributed by atoms with Crippen molar-refractivity contribution in [2.24, 2.45) is 7.05 Å². The zero-order chi connectivity index (χ0) is 24.4. The first-order chi connectivity index (χ1) is 15.4. The number of carbonyl (C=O) groups excluding carboxylic acids is 2. The zero-order valence-corrected chi connectivity index (χ0v) is 21.7. The Kier molecular flexibility index (Phi) is 7.65. The topological polar surface area (TPSA) is 91.6 Å². The molecule has 1 aliphatic heterocycles. The van der Waals surface area contributed by atoms with Crippen LogP contribution in [0.4, 0.5) is 0 Å². The molecule has 33 heavy (non-hydrogen) atoms. The maximum Gasteiger partial charge on any atom is 0.329 e. The Hall–Kier alpha value is -2.23. The number of fused-ring (bicyclic) bond motifs is 1. The van der Waals surface area contributed by atoms with E-state index in [0.29, 0.717) is 31.8 Å². The lowest BCUT2D eigenvalue weighted by atomic mass is 10.1. The molecule has 2 heterocycles. The second-order valence-electron chi connectivity index (χ2n) is 10.3. The van der Waals surface area contributed by atoms with Crippen molar-refractivity contribution in [1.29, 1.82) is 0 Å². The molecule has 3 rings (SSSR count). The van der Waals surface area contributed by atoms with Gasteiger partial charge in [0.05, 0.1) is 24.2 Å². The Morgan fingerprint density at radius 3 is 2.48 bits per heavy atom. The fourth-order valence-electron chi connectivity index (χ4n) is 3.85. The number of piperidine rings is 1. The highest BCUT2D eigenvalue weighted by Gasteiger charge is 2.36. The minimum absolute atomic E-state index is 0.197. The summed E-state index contributed by atoms with van der Waals surface area (Å²) < 4.78 is 15.0. The van der Waals surface area contributed by atoms with Crippen molar-refractivity contribution in [2.45, 2.75) is 70.6 Å². The third-order valence-electron chi connectivity index (χ3n) is 6.93. The number of carbonyl (C=O) groups is 2. The van der Waals surface area contributed by atoms with E-state index in [-0.39, 0.29) is 23.1 Å². The number of aryl methyl sites for hydroxylation is 2. The second kappa shape index (κ2) is 9.95. The molecule has 0 aliphatic carbocycles. The van der Waals surface area contributed by atoms with E-state index in [1.165, 1.54) is 4.57 Å². The van der Waals surface area contributed by atoms with Crippen LogP contribution in [0.25, 0.3) is 11.0 Å². The number of ether oxygens (including phenoxy) is 1. The molecule has 1 atom stereocenters. The molecule has 1 aliphatic rings. The molecule has 2 aromatic rings. The molecule has 0 spiro atoms. The van der Waals surface area contributed by atoms with E-state index in [1.54, 1.807) is 11.6 Å². The van der Waals surface area contributed by atoms with Crippen molar-refractivity contribution in [3.63, 3.8) is 0 Å². The van der Waals surface area contributed by atoms with Crippen LogP contribution >= 0.6 is 0 Å². The van der Waals surface area contributed by atoms with E-state index in [4.69, 9.17) is 9.16 Å². The normalized spacial score (nSPS) is 17.6. The highest BCUT2D eigenvalue weighted by molar-refractivity contribution is 6.74. The van der Waals surface area contributed by atoms with Gasteiger partial charge in [-0.1, -0.05) is 26.8 Å². The summed E-state index contributed by atoms with van der Waals surface area (Å²) in [6.07, 6.45) is 2.27. The fourth-order valence-corrected chi connectivity index (χ4v) is 4.87. The van der Waals surface area contributed by atoms with Crippen molar-refractivity contribution in [1.82, 2.24) is 14.5 Å². The number of nitrogens with zero attached hydrogens (tertiary/aromatic N) is 2. The zero-order valence-electron chi connectivity index (χ0n) is 20.7. The van der Waals surface area contributed by atoms with Gasteiger partial charge in [0, 0.05) is 20.1 Å². The van der Waals surface area contributed by atoms with Crippen molar-refractivity contribution in [3.8, 4) is 0 Å². The van der Waals surface area contributed by atoms with Crippen LogP contribution in [0.15, 0.2) is 23.0 Å². The summed E-state index contributed by atoms with van der Waals surface area (Å²) in [5.41, 5.74) is 2.35. The van der Waals surface area contributed by atoms with Crippen molar-refractivity contribution >= 4 is 31.2 Å². The lowest BCUT2D eigenvalue weighted by molar-refractivity contribution is -0.135. The van der Waals surface area contributed by atoms with Crippen molar-refractivity contribution < 1.29 is 18.8 Å². The number of rotatable bonds is 9. The molecular formula is C24H37N3O5Si. The van der Waals surface area contributed by atoms with Gasteiger partial charge in [-0.25, -0.2) is 4.79 Å². The summed E-state index contributed by atoms with van der Waals surface area (Å²) in [4.78, 5) is 36.6. The number of imidazole rings is 1. The Balaban J connectivity index is 1.56. The Morgan fingerprint density at radius 2 is 1.82 bits per heavy atom. The number of aromatic nitrogens is 2. The van der Waals surface area contributed by atoms with E-state index in [9.17, 15) is 14.4 Å². The molecule has 0 bridgehead atoms. The summed E-state index contributed by atoms with van der Waals surface area (Å²) in [7, 11) is -0.0216. The van der Waals surface area contributed by atoms with Crippen molar-refractivity contribution in [2.75, 3.05) is 19.8 Å². The van der Waals surface area contributed by atoms with E-state index in [0.717, 1.165) is 23.9 Å². The maximum absolute atomic E-state index is 12.9. The smallest absolute Gasteiger partial charge is 0.329 e. The molecule has 2 amide bonds. The lowest BCUT2D eigenvalue weighted by Crippen LogP contribution is -2.44. The molecule has 0 saturated carbocycles. The van der Waals surface area contributed by atoms with Gasteiger partial charge in [0.2, 0.25) is 11.8 Å². The van der Waals surface area contributed by atoms with Gasteiger partial charge >= 0.3 is 5.69 Å². The van der Waals surface area contributed by atoms with Crippen LogP contribution in [0.5, 0.6) is 0 Å². The van der Waals surface area contributed by atoms with E-state index >= 15 is 0 Å². The van der Waals surface area contributed by atoms with Crippen LogP contribution in [0.1, 0.15) is 51.6 Å². The molecular weight excluding hydrogens is 438 g/mol. The number of nitrogens with one attached hydrogen (secondary N) is 1. The van der Waals surface area contributed by atoms with Crippen LogP contribution in [0.3, 0.4) is 0 Å². The van der Waals surface area contributed by atoms with Crippen LogP contribution in [0.2, 0.25) is 18.1 Å². The molecule has 1 fully saturated rings. The predicted molar refractivity (Wildman–Crippen MR) is 131 cm³/mol. The first-order valence-corrected chi connectivity index (χ1v) is 14.6. The maximum atomic E-state index is 12.9. The first kappa shape index (κ1) is 25.4. The molecule has 1 aromatic carbocycles. The van der Waals surface area contributed by atoms with E-state index in [2.05, 4.69) is 39.2 Å². The van der Waals surface area contributed by atoms with Gasteiger partial charge in [0.25, 0.3) is 0 Å². The highest BCUT2D eigenvalue weighted by atomic mass is 28.4. The minimum Gasteiger partial charge on any atom is -0.414 e. The number of benzene rings is 1. The Morgan fingerprint density at radius 1 is 1.09 bits per heavy atom. The molecule has 1 N–H and O–H groups in total. The average molecular weight is 476 g/mol. The summed E-state index contributed by atoms with van der Waals surface area (Å²) in [6, 6.07) is 5.22. The van der Waals surface area contributed by atoms with Crippen LogP contribution in [0, 0.1) is 0 Å². The Bertz CT molecular complexity index is 1080. The number of amides is 2. The summed E-state index contributed by atoms with van der Waals surface area (Å²) >= 11 is 0. The molecule has 1 saturated heterocycles. The quantitative estimate of drug-likeness (QED) is 0.341. The second-order valence-corrected chi connectivity index (χ2v) is 15.1. The third kappa shape index (κ3) is 5.64. The summed E-state index contributed by atoms with van der Waals surface area (Å²) in [5, 5.41) is 2.53. The van der Waals surface area contributed by atoms with Crippen LogP contribution < -0.4 is 11.0 Å². The van der Waals surface area contributed by atoms with Crippen LogP contribution in [-0.4, -0.2) is 49.1 Å². The SMILES string of the molecule is Cn1c(=O)n(C2CCC(=O)NC2=O)c2ccc(CCCOCCO[Si](C)(C)C(C)(C)C)cc21. The summed E-state index contributed by atoms with van der Waals surface area (Å²) in [5.74, 6) is -0.708.